The molecule has 0 bridgehead atoms. The van der Waals surface area contributed by atoms with E-state index >= 15 is 0 Å². The number of rotatable bonds is 5. The molecule has 0 heterocycles. The van der Waals surface area contributed by atoms with Crippen LogP contribution in [0.1, 0.15) is 24.2 Å². The van der Waals surface area contributed by atoms with Crippen molar-refractivity contribution in [2.75, 3.05) is 6.61 Å². The number of carbonyl (C=O) groups is 1. The number of carbonyl (C=O) groups excluding carboxylic acids is 1. The van der Waals surface area contributed by atoms with E-state index in [9.17, 15) is 4.79 Å². The van der Waals surface area contributed by atoms with Crippen LogP contribution in [-0.2, 0) is 9.53 Å². The lowest BCUT2D eigenvalue weighted by Gasteiger charge is -2.15. The molecule has 4 nitrogen and oxygen atoms in total. The van der Waals surface area contributed by atoms with Crippen molar-refractivity contribution in [3.8, 4) is 11.8 Å². The van der Waals surface area contributed by atoms with Gasteiger partial charge in [-0.05, 0) is 37.3 Å². The summed E-state index contributed by atoms with van der Waals surface area (Å²) < 4.78 is 10.6. The lowest BCUT2D eigenvalue weighted by molar-refractivity contribution is -0.151. The van der Waals surface area contributed by atoms with Crippen molar-refractivity contribution in [2.24, 2.45) is 0 Å². The molecule has 0 aliphatic heterocycles. The highest BCUT2D eigenvalue weighted by Gasteiger charge is 2.14. The van der Waals surface area contributed by atoms with E-state index < -0.39 is 12.1 Å². The zero-order valence-electron chi connectivity index (χ0n) is 12.0. The van der Waals surface area contributed by atoms with Gasteiger partial charge in [0.25, 0.3) is 0 Å². The zero-order valence-corrected chi connectivity index (χ0v) is 12.7. The Morgan fingerprint density at radius 1 is 1.23 bits per heavy atom. The summed E-state index contributed by atoms with van der Waals surface area (Å²) in [6.07, 6.45) is -0.453. The molecule has 1 atom stereocenters. The first-order chi connectivity index (χ1) is 10.6. The Balaban J connectivity index is 1.87. The summed E-state index contributed by atoms with van der Waals surface area (Å²) in [4.78, 5) is 11.8. The van der Waals surface area contributed by atoms with Gasteiger partial charge in [-0.15, -0.1) is 0 Å². The second kappa shape index (κ2) is 7.48. The Hall–Kier alpha value is -2.51. The topological polar surface area (TPSA) is 59.3 Å². The molecule has 0 radical (unpaired) electrons. The summed E-state index contributed by atoms with van der Waals surface area (Å²) in [5.74, 6) is 0.0122. The van der Waals surface area contributed by atoms with Crippen molar-refractivity contribution in [3.63, 3.8) is 0 Å². The standard InChI is InChI=1S/C17H14ClNO3/c1-12(15-4-2-3-5-16(15)18)22-17(20)11-21-14-8-6-13(10-19)7-9-14/h2-9,12H,11H2,1H3/t12-/m1/s1. The molecule has 0 aliphatic carbocycles. The summed E-state index contributed by atoms with van der Waals surface area (Å²) >= 11 is 6.06. The Kier molecular flexibility index (Phi) is 5.40. The number of hydrogen-bond donors (Lipinski definition) is 0. The van der Waals surface area contributed by atoms with Crippen molar-refractivity contribution in [3.05, 3.63) is 64.7 Å². The number of hydrogen-bond acceptors (Lipinski definition) is 4. The van der Waals surface area contributed by atoms with Crippen LogP contribution in [0.4, 0.5) is 0 Å². The fraction of sp³-hybridized carbons (Fsp3) is 0.176. The van der Waals surface area contributed by atoms with Crippen LogP contribution in [-0.4, -0.2) is 12.6 Å². The van der Waals surface area contributed by atoms with E-state index in [4.69, 9.17) is 26.3 Å². The largest absolute Gasteiger partial charge is 0.482 e. The number of halogens is 1. The van der Waals surface area contributed by atoms with Crippen molar-refractivity contribution in [2.45, 2.75) is 13.0 Å². The predicted octanol–water partition coefficient (Wildman–Crippen LogP) is 3.89. The van der Waals surface area contributed by atoms with Crippen LogP contribution in [0.5, 0.6) is 5.75 Å². The quantitative estimate of drug-likeness (QED) is 0.785. The van der Waals surface area contributed by atoms with Gasteiger partial charge in [0.15, 0.2) is 6.61 Å². The van der Waals surface area contributed by atoms with Crippen LogP contribution in [0.15, 0.2) is 48.5 Å². The van der Waals surface area contributed by atoms with Gasteiger partial charge in [0.05, 0.1) is 11.6 Å². The number of benzene rings is 2. The Morgan fingerprint density at radius 2 is 1.91 bits per heavy atom. The zero-order chi connectivity index (χ0) is 15.9. The molecule has 0 aromatic heterocycles. The molecule has 2 rings (SSSR count). The molecular formula is C17H14ClNO3. The van der Waals surface area contributed by atoms with E-state index in [1.807, 2.05) is 24.3 Å². The summed E-state index contributed by atoms with van der Waals surface area (Å²) in [7, 11) is 0. The van der Waals surface area contributed by atoms with Crippen LogP contribution in [0.2, 0.25) is 5.02 Å². The molecule has 0 aliphatic rings. The molecule has 0 fully saturated rings. The van der Waals surface area contributed by atoms with E-state index in [2.05, 4.69) is 0 Å². The fourth-order valence-electron chi connectivity index (χ4n) is 1.87. The van der Waals surface area contributed by atoms with E-state index in [0.29, 0.717) is 16.3 Å². The maximum atomic E-state index is 11.8. The number of nitrogens with zero attached hydrogens (tertiary/aromatic N) is 1. The van der Waals surface area contributed by atoms with Gasteiger partial charge >= 0.3 is 5.97 Å². The molecule has 2 aromatic carbocycles. The Bertz CT molecular complexity index is 692. The normalized spacial score (nSPS) is 11.3. The SMILES string of the molecule is C[C@@H](OC(=O)COc1ccc(C#N)cc1)c1ccccc1Cl. The van der Waals surface area contributed by atoms with Crippen molar-refractivity contribution in [1.82, 2.24) is 0 Å². The first kappa shape index (κ1) is 15.9. The summed E-state index contributed by atoms with van der Waals surface area (Å²) in [5.41, 5.74) is 1.28. The maximum absolute atomic E-state index is 11.8. The van der Waals surface area contributed by atoms with Gasteiger partial charge in [0.2, 0.25) is 0 Å². The minimum absolute atomic E-state index is 0.208. The highest BCUT2D eigenvalue weighted by atomic mass is 35.5. The minimum atomic E-state index is -0.489. The molecule has 112 valence electrons. The van der Waals surface area contributed by atoms with Crippen LogP contribution >= 0.6 is 11.6 Å². The van der Waals surface area contributed by atoms with Gasteiger partial charge in [-0.3, -0.25) is 0 Å². The molecule has 0 saturated heterocycles. The maximum Gasteiger partial charge on any atom is 0.344 e. The third-order valence-corrected chi connectivity index (χ3v) is 3.34. The molecular weight excluding hydrogens is 302 g/mol. The molecule has 2 aromatic rings. The van der Waals surface area contributed by atoms with Gasteiger partial charge in [-0.2, -0.15) is 5.26 Å². The molecule has 0 saturated carbocycles. The first-order valence-corrected chi connectivity index (χ1v) is 7.05. The number of ether oxygens (including phenoxy) is 2. The van der Waals surface area contributed by atoms with Crippen LogP contribution in [0.25, 0.3) is 0 Å². The molecule has 0 spiro atoms. The third-order valence-electron chi connectivity index (χ3n) is 2.99. The summed E-state index contributed by atoms with van der Waals surface area (Å²) in [6, 6.07) is 15.7. The molecule has 0 amide bonds. The van der Waals surface area contributed by atoms with E-state index in [1.54, 1.807) is 37.3 Å². The molecule has 0 unspecified atom stereocenters. The minimum Gasteiger partial charge on any atom is -0.482 e. The Morgan fingerprint density at radius 3 is 2.55 bits per heavy atom. The fourth-order valence-corrected chi connectivity index (χ4v) is 2.16. The highest BCUT2D eigenvalue weighted by Crippen LogP contribution is 2.25. The van der Waals surface area contributed by atoms with Crippen molar-refractivity contribution in [1.29, 1.82) is 5.26 Å². The summed E-state index contributed by atoms with van der Waals surface area (Å²) in [5, 5.41) is 9.25. The average molecular weight is 316 g/mol. The number of esters is 1. The molecule has 22 heavy (non-hydrogen) atoms. The second-order valence-corrected chi connectivity index (χ2v) is 4.99. The second-order valence-electron chi connectivity index (χ2n) is 4.58. The van der Waals surface area contributed by atoms with Gasteiger partial charge in [0, 0.05) is 10.6 Å². The van der Waals surface area contributed by atoms with Crippen molar-refractivity contribution < 1.29 is 14.3 Å². The molecule has 0 N–H and O–H groups in total. The van der Waals surface area contributed by atoms with Crippen LogP contribution in [0.3, 0.4) is 0 Å². The predicted molar refractivity (Wildman–Crippen MR) is 82.6 cm³/mol. The smallest absolute Gasteiger partial charge is 0.344 e. The van der Waals surface area contributed by atoms with Gasteiger partial charge < -0.3 is 9.47 Å². The lowest BCUT2D eigenvalue weighted by atomic mass is 10.1. The van der Waals surface area contributed by atoms with E-state index in [1.165, 1.54) is 0 Å². The van der Waals surface area contributed by atoms with Gasteiger partial charge in [0.1, 0.15) is 11.9 Å². The third kappa shape index (κ3) is 4.24. The monoisotopic (exact) mass is 315 g/mol. The number of nitriles is 1. The lowest BCUT2D eigenvalue weighted by Crippen LogP contribution is -2.17. The first-order valence-electron chi connectivity index (χ1n) is 6.67. The van der Waals surface area contributed by atoms with E-state index in [0.717, 1.165) is 5.56 Å². The molecule has 5 heteroatoms. The van der Waals surface area contributed by atoms with E-state index in [-0.39, 0.29) is 6.61 Å². The highest BCUT2D eigenvalue weighted by molar-refractivity contribution is 6.31. The Labute approximate surface area is 133 Å². The summed E-state index contributed by atoms with van der Waals surface area (Å²) in [6.45, 7) is 1.54. The average Bonchev–Trinajstić information content (AvgIpc) is 2.53. The van der Waals surface area contributed by atoms with Gasteiger partial charge in [-0.1, -0.05) is 29.8 Å². The van der Waals surface area contributed by atoms with Crippen LogP contribution in [0, 0.1) is 11.3 Å². The van der Waals surface area contributed by atoms with Gasteiger partial charge in [-0.25, -0.2) is 4.79 Å². The van der Waals surface area contributed by atoms with Crippen molar-refractivity contribution >= 4 is 17.6 Å². The van der Waals surface area contributed by atoms with Crippen LogP contribution < -0.4 is 4.74 Å².